The molecule has 1 N–H and O–H groups in total. The maximum atomic E-state index is 12.7. The highest BCUT2D eigenvalue weighted by molar-refractivity contribution is 8.01. The number of thioether (sulfide) groups is 1. The van der Waals surface area contributed by atoms with Crippen LogP contribution in [0.4, 0.5) is 14.5 Å². The summed E-state index contributed by atoms with van der Waals surface area (Å²) in [5, 5.41) is 2.95. The van der Waals surface area contributed by atoms with Crippen LogP contribution in [0.3, 0.4) is 0 Å². The number of aromatic nitrogens is 1. The molecule has 1 aliphatic rings. The van der Waals surface area contributed by atoms with E-state index in [0.29, 0.717) is 41.5 Å². The fraction of sp³-hybridized carbons (Fsp3) is 0.318. The van der Waals surface area contributed by atoms with Crippen molar-refractivity contribution in [2.75, 3.05) is 24.2 Å². The number of fused-ring (bicyclic) bond motifs is 1. The minimum absolute atomic E-state index is 0.00405. The van der Waals surface area contributed by atoms with E-state index in [1.807, 2.05) is 24.3 Å². The molecule has 0 saturated carbocycles. The number of nitrogens with one attached hydrogen (secondary N) is 1. The standard InChI is InChI=1S/C22H21F2N3O2S2/c23-19(24)13-30-22-26-17-7-6-16(12-18(17)31-22)25-20(28)14-8-10-27(11-9-14)21(29)15-4-2-1-3-5-15/h1-7,12,14,19H,8-11,13H2,(H,25,28). The Labute approximate surface area is 186 Å². The molecule has 0 radical (unpaired) electrons. The highest BCUT2D eigenvalue weighted by Gasteiger charge is 2.28. The molecule has 0 atom stereocenters. The third-order valence-corrected chi connectivity index (χ3v) is 7.32. The highest BCUT2D eigenvalue weighted by Crippen LogP contribution is 2.32. The van der Waals surface area contributed by atoms with Gasteiger partial charge in [0, 0.05) is 30.3 Å². The van der Waals surface area contributed by atoms with Crippen molar-refractivity contribution in [1.29, 1.82) is 0 Å². The molecule has 0 unspecified atom stereocenters. The Balaban J connectivity index is 1.33. The molecule has 1 aromatic heterocycles. The van der Waals surface area contributed by atoms with Gasteiger partial charge in [0.1, 0.15) is 0 Å². The largest absolute Gasteiger partial charge is 0.339 e. The van der Waals surface area contributed by atoms with Crippen LogP contribution < -0.4 is 5.32 Å². The Hall–Kier alpha value is -2.52. The lowest BCUT2D eigenvalue weighted by Crippen LogP contribution is -2.41. The van der Waals surface area contributed by atoms with Crippen molar-refractivity contribution in [3.63, 3.8) is 0 Å². The van der Waals surface area contributed by atoms with E-state index in [1.165, 1.54) is 11.3 Å². The third-order valence-electron chi connectivity index (χ3n) is 5.14. The minimum atomic E-state index is -2.37. The lowest BCUT2D eigenvalue weighted by Gasteiger charge is -2.31. The van der Waals surface area contributed by atoms with E-state index in [9.17, 15) is 18.4 Å². The number of likely N-dealkylation sites (tertiary alicyclic amines) is 1. The lowest BCUT2D eigenvalue weighted by molar-refractivity contribution is -0.121. The second-order valence-electron chi connectivity index (χ2n) is 7.29. The molecule has 1 aliphatic heterocycles. The molecular weight excluding hydrogens is 440 g/mol. The van der Waals surface area contributed by atoms with Gasteiger partial charge >= 0.3 is 0 Å². The van der Waals surface area contributed by atoms with Gasteiger partial charge in [0.2, 0.25) is 12.3 Å². The zero-order chi connectivity index (χ0) is 21.8. The van der Waals surface area contributed by atoms with Gasteiger partial charge in [-0.1, -0.05) is 30.0 Å². The van der Waals surface area contributed by atoms with Crippen molar-refractivity contribution in [3.8, 4) is 0 Å². The SMILES string of the molecule is O=C(Nc1ccc2nc(SCC(F)F)sc2c1)C1CCN(C(=O)c2ccccc2)CC1. The normalized spacial score (nSPS) is 14.9. The Bertz CT molecular complexity index is 1070. The number of amides is 2. The number of nitrogens with zero attached hydrogens (tertiary/aromatic N) is 2. The van der Waals surface area contributed by atoms with Crippen molar-refractivity contribution in [2.45, 2.75) is 23.6 Å². The average molecular weight is 462 g/mol. The molecule has 9 heteroatoms. The van der Waals surface area contributed by atoms with E-state index < -0.39 is 6.43 Å². The Kier molecular flexibility index (Phi) is 6.82. The molecule has 1 fully saturated rings. The summed E-state index contributed by atoms with van der Waals surface area (Å²) in [7, 11) is 0. The van der Waals surface area contributed by atoms with Crippen LogP contribution in [-0.4, -0.2) is 47.0 Å². The van der Waals surface area contributed by atoms with Crippen molar-refractivity contribution in [2.24, 2.45) is 5.92 Å². The number of carbonyl (C=O) groups is 2. The number of thiazole rings is 1. The molecule has 2 heterocycles. The molecule has 1 saturated heterocycles. The van der Waals surface area contributed by atoms with Gasteiger partial charge in [0.05, 0.1) is 16.0 Å². The number of anilines is 1. The smallest absolute Gasteiger partial charge is 0.253 e. The van der Waals surface area contributed by atoms with Crippen molar-refractivity contribution in [3.05, 3.63) is 54.1 Å². The predicted octanol–water partition coefficient (Wildman–Crippen LogP) is 5.14. The first-order valence-corrected chi connectivity index (χ1v) is 11.8. The van der Waals surface area contributed by atoms with Gasteiger partial charge in [-0.2, -0.15) is 0 Å². The molecule has 5 nitrogen and oxygen atoms in total. The molecular formula is C22H21F2N3O2S2. The van der Waals surface area contributed by atoms with Crippen LogP contribution in [0.15, 0.2) is 52.9 Å². The van der Waals surface area contributed by atoms with E-state index in [2.05, 4.69) is 10.3 Å². The Morgan fingerprint density at radius 2 is 1.90 bits per heavy atom. The van der Waals surface area contributed by atoms with E-state index in [4.69, 9.17) is 0 Å². The zero-order valence-electron chi connectivity index (χ0n) is 16.6. The van der Waals surface area contributed by atoms with E-state index in [1.54, 1.807) is 29.2 Å². The van der Waals surface area contributed by atoms with E-state index >= 15 is 0 Å². The number of piperidine rings is 1. The number of rotatable bonds is 6. The van der Waals surface area contributed by atoms with E-state index in [-0.39, 0.29) is 23.5 Å². The van der Waals surface area contributed by atoms with Crippen LogP contribution in [0, 0.1) is 5.92 Å². The predicted molar refractivity (Wildman–Crippen MR) is 120 cm³/mol. The molecule has 0 bridgehead atoms. The van der Waals surface area contributed by atoms with Gasteiger partial charge in [0.25, 0.3) is 5.91 Å². The van der Waals surface area contributed by atoms with Gasteiger partial charge in [-0.15, -0.1) is 11.3 Å². The van der Waals surface area contributed by atoms with Gasteiger partial charge in [0.15, 0.2) is 4.34 Å². The maximum Gasteiger partial charge on any atom is 0.253 e. The number of alkyl halides is 2. The topological polar surface area (TPSA) is 62.3 Å². The molecule has 3 aromatic rings. The molecule has 2 aromatic carbocycles. The quantitative estimate of drug-likeness (QED) is 0.516. The minimum Gasteiger partial charge on any atom is -0.339 e. The first-order chi connectivity index (χ1) is 15.0. The monoisotopic (exact) mass is 461 g/mol. The van der Waals surface area contributed by atoms with Crippen molar-refractivity contribution in [1.82, 2.24) is 9.88 Å². The number of hydrogen-bond donors (Lipinski definition) is 1. The number of halogens is 2. The van der Waals surface area contributed by atoms with Crippen LogP contribution in [0.5, 0.6) is 0 Å². The molecule has 0 spiro atoms. The number of benzene rings is 2. The molecule has 162 valence electrons. The van der Waals surface area contributed by atoms with Crippen LogP contribution >= 0.6 is 23.1 Å². The van der Waals surface area contributed by atoms with Gasteiger partial charge < -0.3 is 10.2 Å². The van der Waals surface area contributed by atoms with Gasteiger partial charge in [-0.25, -0.2) is 13.8 Å². The van der Waals surface area contributed by atoms with Crippen LogP contribution in [0.25, 0.3) is 10.2 Å². The summed E-state index contributed by atoms with van der Waals surface area (Å²) >= 11 is 2.38. The average Bonchev–Trinajstić information content (AvgIpc) is 3.20. The molecule has 4 rings (SSSR count). The summed E-state index contributed by atoms with van der Waals surface area (Å²) in [6.45, 7) is 1.09. The number of hydrogen-bond acceptors (Lipinski definition) is 5. The second kappa shape index (κ2) is 9.74. The summed E-state index contributed by atoms with van der Waals surface area (Å²) in [4.78, 5) is 31.4. The van der Waals surface area contributed by atoms with Gasteiger partial charge in [-0.05, 0) is 43.2 Å². The fourth-order valence-corrected chi connectivity index (χ4v) is 5.41. The van der Waals surface area contributed by atoms with Crippen LogP contribution in [0.1, 0.15) is 23.2 Å². The van der Waals surface area contributed by atoms with Crippen LogP contribution in [-0.2, 0) is 4.79 Å². The Morgan fingerprint density at radius 1 is 1.16 bits per heavy atom. The number of carbonyl (C=O) groups excluding carboxylic acids is 2. The zero-order valence-corrected chi connectivity index (χ0v) is 18.2. The second-order valence-corrected chi connectivity index (χ2v) is 9.58. The van der Waals surface area contributed by atoms with Crippen LogP contribution in [0.2, 0.25) is 0 Å². The molecule has 2 amide bonds. The van der Waals surface area contributed by atoms with Crippen molar-refractivity contribution >= 4 is 50.8 Å². The lowest BCUT2D eigenvalue weighted by atomic mass is 9.95. The highest BCUT2D eigenvalue weighted by atomic mass is 32.2. The van der Waals surface area contributed by atoms with Gasteiger partial charge in [-0.3, -0.25) is 9.59 Å². The molecule has 31 heavy (non-hydrogen) atoms. The summed E-state index contributed by atoms with van der Waals surface area (Å²) in [5.74, 6) is -0.512. The first-order valence-electron chi connectivity index (χ1n) is 9.96. The summed E-state index contributed by atoms with van der Waals surface area (Å²) in [6, 6.07) is 14.5. The fourth-order valence-electron chi connectivity index (χ4n) is 3.53. The summed E-state index contributed by atoms with van der Waals surface area (Å²) in [6.07, 6.45) is -1.15. The first kappa shape index (κ1) is 21.7. The maximum absolute atomic E-state index is 12.7. The third kappa shape index (κ3) is 5.40. The van der Waals surface area contributed by atoms with E-state index in [0.717, 1.165) is 22.0 Å². The molecule has 0 aliphatic carbocycles. The van der Waals surface area contributed by atoms with Crippen molar-refractivity contribution < 1.29 is 18.4 Å². The summed E-state index contributed by atoms with van der Waals surface area (Å²) < 4.78 is 26.2. The Morgan fingerprint density at radius 3 is 2.61 bits per heavy atom. The summed E-state index contributed by atoms with van der Waals surface area (Å²) in [5.41, 5.74) is 2.05.